The van der Waals surface area contributed by atoms with E-state index in [2.05, 4.69) is 15.1 Å². The van der Waals surface area contributed by atoms with Crippen LogP contribution in [0, 0.1) is 11.6 Å². The molecular formula is C21H17F2N3. The van der Waals surface area contributed by atoms with Crippen LogP contribution in [0.15, 0.2) is 60.8 Å². The number of halogens is 2. The number of benzene rings is 2. The zero-order chi connectivity index (χ0) is 18.1. The minimum atomic E-state index is -0.447. The van der Waals surface area contributed by atoms with Crippen LogP contribution in [-0.2, 0) is 6.54 Å². The van der Waals surface area contributed by atoms with E-state index in [0.717, 1.165) is 28.5 Å². The van der Waals surface area contributed by atoms with E-state index in [1.165, 1.54) is 12.1 Å². The molecule has 0 amide bonds. The molecule has 0 spiro atoms. The lowest BCUT2D eigenvalue weighted by Crippen LogP contribution is -2.16. The number of fused-ring (bicyclic) bond motifs is 1. The van der Waals surface area contributed by atoms with Gasteiger partial charge in [-0.3, -0.25) is 4.90 Å². The van der Waals surface area contributed by atoms with Gasteiger partial charge in [0.2, 0.25) is 0 Å². The van der Waals surface area contributed by atoms with Crippen molar-refractivity contribution in [3.05, 3.63) is 89.1 Å². The molecule has 0 bridgehead atoms. The summed E-state index contributed by atoms with van der Waals surface area (Å²) in [5, 5.41) is 8.08. The molecule has 5 heteroatoms. The average molecular weight is 349 g/mol. The first-order valence-electron chi connectivity index (χ1n) is 8.37. The molecule has 1 aromatic heterocycles. The molecule has 2 aromatic carbocycles. The van der Waals surface area contributed by atoms with Gasteiger partial charge in [-0.2, -0.15) is 10.2 Å². The monoisotopic (exact) mass is 349 g/mol. The van der Waals surface area contributed by atoms with E-state index < -0.39 is 11.6 Å². The van der Waals surface area contributed by atoms with E-state index in [9.17, 15) is 8.78 Å². The molecule has 2 heterocycles. The second-order valence-corrected chi connectivity index (χ2v) is 6.42. The first kappa shape index (κ1) is 16.5. The fourth-order valence-electron chi connectivity index (χ4n) is 3.27. The Bertz CT molecular complexity index is 984. The van der Waals surface area contributed by atoms with Gasteiger partial charge in [-0.15, -0.1) is 0 Å². The fourth-order valence-corrected chi connectivity index (χ4v) is 3.27. The average Bonchev–Trinajstić information content (AvgIpc) is 2.82. The van der Waals surface area contributed by atoms with Gasteiger partial charge in [-0.1, -0.05) is 18.2 Å². The van der Waals surface area contributed by atoms with Crippen molar-refractivity contribution < 1.29 is 8.78 Å². The molecule has 0 aliphatic carbocycles. The van der Waals surface area contributed by atoms with Gasteiger partial charge in [0.15, 0.2) is 0 Å². The van der Waals surface area contributed by atoms with E-state index >= 15 is 0 Å². The quantitative estimate of drug-likeness (QED) is 0.691. The third-order valence-corrected chi connectivity index (χ3v) is 4.53. The van der Waals surface area contributed by atoms with Gasteiger partial charge in [0, 0.05) is 30.4 Å². The molecule has 0 saturated carbocycles. The Morgan fingerprint density at radius 3 is 2.69 bits per heavy atom. The molecule has 4 rings (SSSR count). The summed E-state index contributed by atoms with van der Waals surface area (Å²) < 4.78 is 28.1. The van der Waals surface area contributed by atoms with Crippen molar-refractivity contribution in [2.75, 3.05) is 13.6 Å². The minimum Gasteiger partial charge on any atom is -0.298 e. The van der Waals surface area contributed by atoms with E-state index in [1.54, 1.807) is 6.20 Å². The highest BCUT2D eigenvalue weighted by atomic mass is 19.1. The van der Waals surface area contributed by atoms with Gasteiger partial charge in [-0.05, 0) is 60.1 Å². The zero-order valence-electron chi connectivity index (χ0n) is 14.3. The minimum absolute atomic E-state index is 0.286. The van der Waals surface area contributed by atoms with Crippen LogP contribution in [0.3, 0.4) is 0 Å². The number of hydrogen-bond acceptors (Lipinski definition) is 3. The van der Waals surface area contributed by atoms with Crippen LogP contribution in [-0.4, -0.2) is 28.7 Å². The first-order valence-corrected chi connectivity index (χ1v) is 8.37. The van der Waals surface area contributed by atoms with Gasteiger partial charge in [0.1, 0.15) is 11.6 Å². The van der Waals surface area contributed by atoms with Crippen LogP contribution in [0.4, 0.5) is 8.78 Å². The summed E-state index contributed by atoms with van der Waals surface area (Å²) in [6, 6.07) is 13.3. The Kier molecular flexibility index (Phi) is 4.31. The van der Waals surface area contributed by atoms with Crippen LogP contribution in [0.1, 0.15) is 16.7 Å². The smallest absolute Gasteiger partial charge is 0.131 e. The predicted molar refractivity (Wildman–Crippen MR) is 97.2 cm³/mol. The largest absolute Gasteiger partial charge is 0.298 e. The van der Waals surface area contributed by atoms with Crippen LogP contribution < -0.4 is 0 Å². The van der Waals surface area contributed by atoms with Gasteiger partial charge in [-0.25, -0.2) is 8.78 Å². The van der Waals surface area contributed by atoms with Gasteiger partial charge >= 0.3 is 0 Å². The van der Waals surface area contributed by atoms with Crippen LogP contribution in [0.2, 0.25) is 0 Å². The van der Waals surface area contributed by atoms with Crippen molar-refractivity contribution in [2.24, 2.45) is 0 Å². The maximum Gasteiger partial charge on any atom is 0.131 e. The van der Waals surface area contributed by atoms with Crippen molar-refractivity contribution >= 4 is 5.57 Å². The Morgan fingerprint density at radius 2 is 1.88 bits per heavy atom. The number of hydrogen-bond donors (Lipinski definition) is 0. The molecule has 0 atom stereocenters. The summed E-state index contributed by atoms with van der Waals surface area (Å²) in [5.41, 5.74) is 4.69. The number of aromatic nitrogens is 2. The van der Waals surface area contributed by atoms with Gasteiger partial charge in [0.05, 0.1) is 5.69 Å². The van der Waals surface area contributed by atoms with E-state index in [4.69, 9.17) is 0 Å². The lowest BCUT2D eigenvalue weighted by Gasteiger charge is -2.15. The van der Waals surface area contributed by atoms with Gasteiger partial charge in [0.25, 0.3) is 0 Å². The van der Waals surface area contributed by atoms with Crippen LogP contribution in [0.25, 0.3) is 16.8 Å². The molecule has 26 heavy (non-hydrogen) atoms. The third kappa shape index (κ3) is 3.13. The molecule has 0 unspecified atom stereocenters. The number of nitrogens with zero attached hydrogens (tertiary/aromatic N) is 3. The second-order valence-electron chi connectivity index (χ2n) is 6.42. The van der Waals surface area contributed by atoms with Crippen LogP contribution >= 0.6 is 0 Å². The topological polar surface area (TPSA) is 29.0 Å². The van der Waals surface area contributed by atoms with E-state index in [1.807, 2.05) is 43.5 Å². The van der Waals surface area contributed by atoms with Crippen LogP contribution in [0.5, 0.6) is 0 Å². The summed E-state index contributed by atoms with van der Waals surface area (Å²) in [7, 11) is 2.00. The molecule has 0 saturated heterocycles. The van der Waals surface area contributed by atoms with E-state index in [-0.39, 0.29) is 5.56 Å². The molecule has 1 aliphatic rings. The standard InChI is InChI=1S/C21H17F2N3/c1-26-10-8-18(19-12-16(22)5-7-20(19)23)17-6-4-14(11-15(17)13-26)21-3-2-9-24-25-21/h2-9,11-12H,10,13H2,1H3. The molecule has 3 nitrogen and oxygen atoms in total. The maximum absolute atomic E-state index is 14.4. The third-order valence-electron chi connectivity index (χ3n) is 4.53. The summed E-state index contributed by atoms with van der Waals surface area (Å²) in [6.45, 7) is 1.36. The second kappa shape index (κ2) is 6.77. The molecule has 130 valence electrons. The van der Waals surface area contributed by atoms with Crippen molar-refractivity contribution in [3.8, 4) is 11.3 Å². The predicted octanol–water partition coefficient (Wildman–Crippen LogP) is 4.30. The van der Waals surface area contributed by atoms with E-state index in [0.29, 0.717) is 18.7 Å². The van der Waals surface area contributed by atoms with Crippen molar-refractivity contribution in [3.63, 3.8) is 0 Å². The van der Waals surface area contributed by atoms with Crippen molar-refractivity contribution in [1.82, 2.24) is 15.1 Å². The summed E-state index contributed by atoms with van der Waals surface area (Å²) >= 11 is 0. The highest BCUT2D eigenvalue weighted by molar-refractivity contribution is 5.83. The molecular weight excluding hydrogens is 332 g/mol. The molecule has 0 fully saturated rings. The number of rotatable bonds is 2. The summed E-state index contributed by atoms with van der Waals surface area (Å²) in [5.74, 6) is -0.871. The highest BCUT2D eigenvalue weighted by Crippen LogP contribution is 2.33. The Labute approximate surface area is 150 Å². The first-order chi connectivity index (χ1) is 12.6. The lowest BCUT2D eigenvalue weighted by molar-refractivity contribution is 0.366. The highest BCUT2D eigenvalue weighted by Gasteiger charge is 2.19. The van der Waals surface area contributed by atoms with Crippen molar-refractivity contribution in [1.29, 1.82) is 0 Å². The molecule has 1 aliphatic heterocycles. The SMILES string of the molecule is CN1CC=C(c2cc(F)ccc2F)c2ccc(-c3cccnn3)cc2C1. The number of likely N-dealkylation sites (N-methyl/N-ethyl adjacent to an activating group) is 1. The summed E-state index contributed by atoms with van der Waals surface area (Å²) in [4.78, 5) is 2.13. The fraction of sp³-hybridized carbons (Fsp3) is 0.143. The summed E-state index contributed by atoms with van der Waals surface area (Å²) in [6.07, 6.45) is 3.58. The molecule has 0 N–H and O–H groups in total. The maximum atomic E-state index is 14.4. The Morgan fingerprint density at radius 1 is 1.00 bits per heavy atom. The zero-order valence-corrected chi connectivity index (χ0v) is 14.3. The molecule has 3 aromatic rings. The Hall–Kier alpha value is -2.92. The normalized spacial score (nSPS) is 14.5. The van der Waals surface area contributed by atoms with Gasteiger partial charge < -0.3 is 0 Å². The Balaban J connectivity index is 1.86. The van der Waals surface area contributed by atoms with Crippen molar-refractivity contribution in [2.45, 2.75) is 6.54 Å². The molecule has 0 radical (unpaired) electrons. The lowest BCUT2D eigenvalue weighted by atomic mass is 9.92.